The number of nitrogens with two attached hydrogens (primary N) is 2. The Morgan fingerprint density at radius 2 is 1.88 bits per heavy atom. The molecule has 0 spiro atoms. The quantitative estimate of drug-likeness (QED) is 0.178. The first-order valence-electron chi connectivity index (χ1n) is 10.3. The molecule has 3 rings (SSSR count). The first kappa shape index (κ1) is 23.8. The minimum absolute atomic E-state index is 0.136. The monoisotopic (exact) mass is 463 g/mol. The van der Waals surface area contributed by atoms with Crippen LogP contribution in [0.25, 0.3) is 5.70 Å². The number of benzene rings is 2. The third-order valence-corrected chi connectivity index (χ3v) is 5.03. The van der Waals surface area contributed by atoms with Gasteiger partial charge in [0.2, 0.25) is 0 Å². The second-order valence-electron chi connectivity index (χ2n) is 7.22. The molecule has 0 aliphatic heterocycles. The molecule has 0 unspecified atom stereocenters. The van der Waals surface area contributed by atoms with Crippen LogP contribution >= 0.6 is 11.6 Å². The number of nitrogens with one attached hydrogen (secondary N) is 3. The van der Waals surface area contributed by atoms with Gasteiger partial charge in [-0.2, -0.15) is 0 Å². The Kier molecular flexibility index (Phi) is 8.40. The van der Waals surface area contributed by atoms with Crippen LogP contribution in [0.5, 0.6) is 0 Å². The summed E-state index contributed by atoms with van der Waals surface area (Å²) in [5.74, 6) is 5.45. The number of para-hydroxylation sites is 1. The first-order valence-corrected chi connectivity index (χ1v) is 10.7. The number of hydrogen-bond donors (Lipinski definition) is 5. The van der Waals surface area contributed by atoms with Crippen LogP contribution in [0.4, 0.5) is 5.69 Å². The van der Waals surface area contributed by atoms with Crippen LogP contribution in [-0.2, 0) is 11.3 Å². The van der Waals surface area contributed by atoms with Crippen LogP contribution in [0.1, 0.15) is 16.7 Å². The molecule has 0 bridgehead atoms. The van der Waals surface area contributed by atoms with Gasteiger partial charge in [0.15, 0.2) is 0 Å². The molecule has 0 radical (unpaired) electrons. The molecular formula is C24H26ClN7O. The summed E-state index contributed by atoms with van der Waals surface area (Å²) in [4.78, 5) is 16.6. The third-order valence-electron chi connectivity index (χ3n) is 4.78. The largest absolute Gasteiger partial charge is 0.397 e. The van der Waals surface area contributed by atoms with Gasteiger partial charge in [0.1, 0.15) is 5.71 Å². The van der Waals surface area contributed by atoms with E-state index in [0.717, 1.165) is 11.1 Å². The standard InChI is InChI=1S/C24H26ClN7O/c25-19-9-7-17(8-10-19)14-31-22-6-2-1-5-20(22)23(27)24(33)30-12-13-32(28)16-21(26)18-4-3-11-29-15-18/h1-11,15-16,27,31H,12-14,26,28H2,(H,30,33)/b21-16-,27-23?. The van der Waals surface area contributed by atoms with Crippen molar-refractivity contribution in [2.45, 2.75) is 6.54 Å². The average molecular weight is 464 g/mol. The fourth-order valence-electron chi connectivity index (χ4n) is 3.02. The molecule has 0 aliphatic rings. The molecule has 1 heterocycles. The van der Waals surface area contributed by atoms with E-state index in [4.69, 9.17) is 28.6 Å². The number of aromatic nitrogens is 1. The highest BCUT2D eigenvalue weighted by atomic mass is 35.5. The van der Waals surface area contributed by atoms with Crippen molar-refractivity contribution >= 4 is 34.6 Å². The fourth-order valence-corrected chi connectivity index (χ4v) is 3.14. The molecule has 1 aromatic heterocycles. The Morgan fingerprint density at radius 3 is 2.61 bits per heavy atom. The number of hydrazine groups is 1. The van der Waals surface area contributed by atoms with Crippen LogP contribution in [-0.4, -0.2) is 34.7 Å². The normalized spacial score (nSPS) is 11.0. The Morgan fingerprint density at radius 1 is 1.12 bits per heavy atom. The van der Waals surface area contributed by atoms with E-state index in [1.54, 1.807) is 36.8 Å². The van der Waals surface area contributed by atoms with Gasteiger partial charge in [-0.3, -0.25) is 15.2 Å². The zero-order valence-corrected chi connectivity index (χ0v) is 18.7. The summed E-state index contributed by atoms with van der Waals surface area (Å²) in [7, 11) is 0. The molecule has 9 heteroatoms. The molecule has 7 N–H and O–H groups in total. The molecule has 0 fully saturated rings. The highest BCUT2D eigenvalue weighted by Crippen LogP contribution is 2.18. The van der Waals surface area contributed by atoms with Crippen molar-refractivity contribution in [1.82, 2.24) is 15.3 Å². The summed E-state index contributed by atoms with van der Waals surface area (Å²) >= 11 is 5.93. The second-order valence-corrected chi connectivity index (χ2v) is 7.66. The lowest BCUT2D eigenvalue weighted by Gasteiger charge is -2.16. The molecule has 0 saturated carbocycles. The van der Waals surface area contributed by atoms with Crippen molar-refractivity contribution in [3.05, 3.63) is 101 Å². The molecule has 0 saturated heterocycles. The molecule has 0 aliphatic carbocycles. The molecule has 0 atom stereocenters. The number of amides is 1. The molecule has 8 nitrogen and oxygen atoms in total. The Bertz CT molecular complexity index is 1120. The van der Waals surface area contributed by atoms with E-state index in [2.05, 4.69) is 15.6 Å². The van der Waals surface area contributed by atoms with E-state index < -0.39 is 5.91 Å². The van der Waals surface area contributed by atoms with Crippen molar-refractivity contribution in [3.8, 4) is 0 Å². The minimum atomic E-state index is -0.492. The smallest absolute Gasteiger partial charge is 0.269 e. The van der Waals surface area contributed by atoms with Gasteiger partial charge in [-0.25, -0.2) is 5.84 Å². The molecule has 1 amide bonds. The van der Waals surface area contributed by atoms with Crippen molar-refractivity contribution in [2.75, 3.05) is 18.4 Å². The zero-order chi connectivity index (χ0) is 23.6. The highest BCUT2D eigenvalue weighted by molar-refractivity contribution is 6.45. The Labute approximate surface area is 197 Å². The van der Waals surface area contributed by atoms with Gasteiger partial charge in [0.05, 0.1) is 12.2 Å². The Hall–Kier alpha value is -3.88. The number of halogens is 1. The van der Waals surface area contributed by atoms with Crippen molar-refractivity contribution in [2.24, 2.45) is 11.6 Å². The maximum Gasteiger partial charge on any atom is 0.269 e. The Balaban J connectivity index is 1.53. The van der Waals surface area contributed by atoms with Gasteiger partial charge in [-0.05, 0) is 35.9 Å². The number of pyridine rings is 1. The lowest BCUT2D eigenvalue weighted by molar-refractivity contribution is -0.114. The lowest BCUT2D eigenvalue weighted by Crippen LogP contribution is -2.39. The summed E-state index contributed by atoms with van der Waals surface area (Å²) in [5.41, 5.74) is 9.33. The van der Waals surface area contributed by atoms with E-state index in [9.17, 15) is 4.79 Å². The van der Waals surface area contributed by atoms with E-state index in [1.807, 2.05) is 42.5 Å². The second kappa shape index (κ2) is 11.7. The highest BCUT2D eigenvalue weighted by Gasteiger charge is 2.15. The van der Waals surface area contributed by atoms with E-state index >= 15 is 0 Å². The van der Waals surface area contributed by atoms with Crippen molar-refractivity contribution in [3.63, 3.8) is 0 Å². The maximum absolute atomic E-state index is 12.5. The third kappa shape index (κ3) is 7.06. The number of hydrogen-bond acceptors (Lipinski definition) is 7. The van der Waals surface area contributed by atoms with E-state index in [0.29, 0.717) is 35.1 Å². The maximum atomic E-state index is 12.5. The number of anilines is 1. The number of carbonyl (C=O) groups is 1. The average Bonchev–Trinajstić information content (AvgIpc) is 2.84. The molecule has 2 aromatic carbocycles. The van der Waals surface area contributed by atoms with Crippen LogP contribution < -0.4 is 22.2 Å². The van der Waals surface area contributed by atoms with Crippen molar-refractivity contribution < 1.29 is 4.79 Å². The van der Waals surface area contributed by atoms with Gasteiger partial charge in [0.25, 0.3) is 5.91 Å². The SMILES string of the molecule is N=C(C(=O)NCCN(N)/C=C(\N)c1cccnc1)c1ccccc1NCc1ccc(Cl)cc1. The topological polar surface area (TPSA) is 133 Å². The predicted octanol–water partition coefficient (Wildman–Crippen LogP) is 2.96. The molecule has 33 heavy (non-hydrogen) atoms. The van der Waals surface area contributed by atoms with E-state index in [1.165, 1.54) is 5.01 Å². The minimum Gasteiger partial charge on any atom is -0.397 e. The summed E-state index contributed by atoms with van der Waals surface area (Å²) < 4.78 is 0. The number of carbonyl (C=O) groups excluding carboxylic acids is 1. The molecule has 3 aromatic rings. The summed E-state index contributed by atoms with van der Waals surface area (Å²) in [6.45, 7) is 1.10. The molecule has 170 valence electrons. The molecular weight excluding hydrogens is 438 g/mol. The van der Waals surface area contributed by atoms with Gasteiger partial charge in [0, 0.05) is 53.5 Å². The predicted molar refractivity (Wildman–Crippen MR) is 132 cm³/mol. The lowest BCUT2D eigenvalue weighted by atomic mass is 10.1. The first-order chi connectivity index (χ1) is 15.9. The van der Waals surface area contributed by atoms with Gasteiger partial charge in [-0.15, -0.1) is 0 Å². The van der Waals surface area contributed by atoms with Crippen LogP contribution in [0.15, 0.2) is 79.3 Å². The zero-order valence-electron chi connectivity index (χ0n) is 18.0. The van der Waals surface area contributed by atoms with Crippen LogP contribution in [0.3, 0.4) is 0 Å². The van der Waals surface area contributed by atoms with Crippen molar-refractivity contribution in [1.29, 1.82) is 5.41 Å². The summed E-state index contributed by atoms with van der Waals surface area (Å²) in [6, 6.07) is 18.3. The van der Waals surface area contributed by atoms with E-state index in [-0.39, 0.29) is 12.3 Å². The van der Waals surface area contributed by atoms with Gasteiger partial charge in [-0.1, -0.05) is 41.9 Å². The number of nitrogens with zero attached hydrogens (tertiary/aromatic N) is 2. The van der Waals surface area contributed by atoms with Gasteiger partial charge < -0.3 is 21.4 Å². The number of rotatable bonds is 10. The van der Waals surface area contributed by atoms with Crippen LogP contribution in [0.2, 0.25) is 5.02 Å². The summed E-state index contributed by atoms with van der Waals surface area (Å²) in [6.07, 6.45) is 4.87. The van der Waals surface area contributed by atoms with Gasteiger partial charge >= 0.3 is 0 Å². The van der Waals surface area contributed by atoms with Crippen LogP contribution in [0, 0.1) is 5.41 Å². The fraction of sp³-hybridized carbons (Fsp3) is 0.125. The summed E-state index contributed by atoms with van der Waals surface area (Å²) in [5, 5.41) is 16.4.